The molecule has 2 rings (SSSR count). The van der Waals surface area contributed by atoms with Crippen LogP contribution in [0.2, 0.25) is 0 Å². The predicted octanol–water partition coefficient (Wildman–Crippen LogP) is 2.22. The smallest absolute Gasteiger partial charge is 0.317 e. The Morgan fingerprint density at radius 1 is 1.31 bits per heavy atom. The van der Waals surface area contributed by atoms with Crippen molar-refractivity contribution in [1.29, 1.82) is 0 Å². The largest absolute Gasteiger partial charge is 0.468 e. The highest BCUT2D eigenvalue weighted by Crippen LogP contribution is 2.42. The number of halogens is 1. The van der Waals surface area contributed by atoms with Gasteiger partial charge in [-0.05, 0) is 17.7 Å². The summed E-state index contributed by atoms with van der Waals surface area (Å²) in [7, 11) is 1.35. The Morgan fingerprint density at radius 3 is 2.31 bits per heavy atom. The molecule has 16 heavy (non-hydrogen) atoms. The minimum Gasteiger partial charge on any atom is -0.468 e. The molecule has 0 heterocycles. The molecule has 0 bridgehead atoms. The molecule has 1 aromatic rings. The van der Waals surface area contributed by atoms with E-state index in [1.54, 1.807) is 0 Å². The second-order valence-corrected chi connectivity index (χ2v) is 4.89. The van der Waals surface area contributed by atoms with Crippen molar-refractivity contribution in [3.63, 3.8) is 0 Å². The minimum absolute atomic E-state index is 0.105. The highest BCUT2D eigenvalue weighted by molar-refractivity contribution is 9.10. The van der Waals surface area contributed by atoms with E-state index >= 15 is 0 Å². The fourth-order valence-electron chi connectivity index (χ4n) is 2.05. The van der Waals surface area contributed by atoms with Crippen LogP contribution in [0.1, 0.15) is 18.4 Å². The molecule has 1 aliphatic rings. The van der Waals surface area contributed by atoms with Gasteiger partial charge in [-0.15, -0.1) is 0 Å². The van der Waals surface area contributed by atoms with Crippen LogP contribution in [0.3, 0.4) is 0 Å². The van der Waals surface area contributed by atoms with Gasteiger partial charge in [-0.25, -0.2) is 0 Å². The van der Waals surface area contributed by atoms with Crippen molar-refractivity contribution in [1.82, 2.24) is 0 Å². The highest BCUT2D eigenvalue weighted by Gasteiger charge is 2.52. The van der Waals surface area contributed by atoms with Crippen molar-refractivity contribution in [2.45, 2.75) is 18.3 Å². The van der Waals surface area contributed by atoms with Gasteiger partial charge in [-0.1, -0.05) is 28.1 Å². The Morgan fingerprint density at radius 2 is 1.88 bits per heavy atom. The minimum atomic E-state index is -0.744. The molecule has 4 heteroatoms. The van der Waals surface area contributed by atoms with E-state index in [0.29, 0.717) is 0 Å². The maximum Gasteiger partial charge on any atom is 0.317 e. The monoisotopic (exact) mass is 282 g/mol. The number of carbonyl (C=O) groups excluding carboxylic acids is 2. The number of hydrogen-bond donors (Lipinski definition) is 0. The zero-order chi connectivity index (χ0) is 11.8. The second kappa shape index (κ2) is 4.01. The molecular formula is C12H11BrO3. The third-order valence-electron chi connectivity index (χ3n) is 2.97. The van der Waals surface area contributed by atoms with Crippen LogP contribution < -0.4 is 0 Å². The quantitative estimate of drug-likeness (QED) is 0.782. The van der Waals surface area contributed by atoms with Crippen molar-refractivity contribution in [2.24, 2.45) is 0 Å². The molecule has 0 unspecified atom stereocenters. The van der Waals surface area contributed by atoms with Gasteiger partial charge in [-0.2, -0.15) is 0 Å². The molecular weight excluding hydrogens is 272 g/mol. The molecule has 1 saturated carbocycles. The van der Waals surface area contributed by atoms with Crippen LogP contribution >= 0.6 is 15.9 Å². The van der Waals surface area contributed by atoms with E-state index in [1.807, 2.05) is 24.3 Å². The van der Waals surface area contributed by atoms with E-state index in [0.717, 1.165) is 10.0 Å². The number of benzene rings is 1. The SMILES string of the molecule is COC(=O)C1(c2ccc(Br)cc2)CC(=O)C1. The highest BCUT2D eigenvalue weighted by atomic mass is 79.9. The summed E-state index contributed by atoms with van der Waals surface area (Å²) < 4.78 is 5.73. The van der Waals surface area contributed by atoms with Crippen molar-refractivity contribution in [3.8, 4) is 0 Å². The Bertz CT molecular complexity index is 428. The van der Waals surface area contributed by atoms with Gasteiger partial charge in [0.25, 0.3) is 0 Å². The third-order valence-corrected chi connectivity index (χ3v) is 3.50. The molecule has 0 radical (unpaired) electrons. The lowest BCUT2D eigenvalue weighted by Crippen LogP contribution is -2.48. The number of rotatable bonds is 2. The molecule has 0 aromatic heterocycles. The molecule has 0 amide bonds. The van der Waals surface area contributed by atoms with Crippen molar-refractivity contribution in [2.75, 3.05) is 7.11 Å². The van der Waals surface area contributed by atoms with E-state index < -0.39 is 5.41 Å². The zero-order valence-electron chi connectivity index (χ0n) is 8.83. The maximum atomic E-state index is 11.8. The van der Waals surface area contributed by atoms with Crippen LogP contribution in [0, 0.1) is 0 Å². The molecule has 0 atom stereocenters. The first kappa shape index (κ1) is 11.3. The Labute approximate surface area is 102 Å². The molecule has 84 valence electrons. The van der Waals surface area contributed by atoms with Crippen molar-refractivity contribution >= 4 is 27.7 Å². The van der Waals surface area contributed by atoms with E-state index in [4.69, 9.17) is 4.74 Å². The molecule has 1 aliphatic carbocycles. The van der Waals surface area contributed by atoms with Gasteiger partial charge in [0.15, 0.2) is 0 Å². The summed E-state index contributed by atoms with van der Waals surface area (Å²) in [4.78, 5) is 22.9. The first-order chi connectivity index (χ1) is 7.58. The van der Waals surface area contributed by atoms with Crippen LogP contribution in [-0.2, 0) is 19.7 Å². The molecule has 0 N–H and O–H groups in total. The van der Waals surface area contributed by atoms with Crippen LogP contribution in [0.15, 0.2) is 28.7 Å². The first-order valence-corrected chi connectivity index (χ1v) is 5.74. The van der Waals surface area contributed by atoms with E-state index in [1.165, 1.54) is 7.11 Å². The Hall–Kier alpha value is -1.16. The van der Waals surface area contributed by atoms with Gasteiger partial charge in [0.1, 0.15) is 11.2 Å². The van der Waals surface area contributed by atoms with Crippen LogP contribution in [0.5, 0.6) is 0 Å². The lowest BCUT2D eigenvalue weighted by Gasteiger charge is -2.37. The normalized spacial score (nSPS) is 17.8. The number of esters is 1. The zero-order valence-corrected chi connectivity index (χ0v) is 10.4. The molecule has 0 saturated heterocycles. The number of carbonyl (C=O) groups is 2. The summed E-state index contributed by atoms with van der Waals surface area (Å²) in [5.74, 6) is -0.220. The predicted molar refractivity (Wildman–Crippen MR) is 62.1 cm³/mol. The fraction of sp³-hybridized carbons (Fsp3) is 0.333. The third kappa shape index (κ3) is 1.67. The second-order valence-electron chi connectivity index (χ2n) is 3.97. The lowest BCUT2D eigenvalue weighted by atomic mass is 9.63. The first-order valence-electron chi connectivity index (χ1n) is 4.95. The Balaban J connectivity index is 2.37. The van der Waals surface area contributed by atoms with Gasteiger partial charge < -0.3 is 4.74 Å². The van der Waals surface area contributed by atoms with E-state index in [-0.39, 0.29) is 24.6 Å². The lowest BCUT2D eigenvalue weighted by molar-refractivity contribution is -0.156. The summed E-state index contributed by atoms with van der Waals surface area (Å²) >= 11 is 3.33. The van der Waals surface area contributed by atoms with Crippen molar-refractivity contribution in [3.05, 3.63) is 34.3 Å². The van der Waals surface area contributed by atoms with E-state index in [2.05, 4.69) is 15.9 Å². The van der Waals surface area contributed by atoms with Crippen LogP contribution in [-0.4, -0.2) is 18.9 Å². The topological polar surface area (TPSA) is 43.4 Å². The van der Waals surface area contributed by atoms with E-state index in [9.17, 15) is 9.59 Å². The fourth-order valence-corrected chi connectivity index (χ4v) is 2.32. The summed E-state index contributed by atoms with van der Waals surface area (Å²) in [6, 6.07) is 7.44. The molecule has 0 spiro atoms. The summed E-state index contributed by atoms with van der Waals surface area (Å²) in [6.45, 7) is 0. The van der Waals surface area contributed by atoms with Gasteiger partial charge in [-0.3, -0.25) is 9.59 Å². The van der Waals surface area contributed by atoms with Crippen molar-refractivity contribution < 1.29 is 14.3 Å². The molecule has 0 aliphatic heterocycles. The van der Waals surface area contributed by atoms with Gasteiger partial charge >= 0.3 is 5.97 Å². The van der Waals surface area contributed by atoms with Crippen LogP contribution in [0.4, 0.5) is 0 Å². The molecule has 1 aromatic carbocycles. The summed E-state index contributed by atoms with van der Waals surface area (Å²) in [5.41, 5.74) is 0.106. The average Bonchev–Trinajstić information content (AvgIpc) is 2.25. The maximum absolute atomic E-state index is 11.8. The summed E-state index contributed by atoms with van der Waals surface area (Å²) in [6.07, 6.45) is 0.503. The number of ketones is 1. The Kier molecular flexibility index (Phi) is 2.84. The molecule has 1 fully saturated rings. The van der Waals surface area contributed by atoms with Crippen LogP contribution in [0.25, 0.3) is 0 Å². The molecule has 3 nitrogen and oxygen atoms in total. The van der Waals surface area contributed by atoms with Gasteiger partial charge in [0.2, 0.25) is 0 Å². The number of Topliss-reactive ketones (excluding diaryl/α,β-unsaturated/α-hetero) is 1. The standard InChI is InChI=1S/C12H11BrO3/c1-16-11(15)12(6-10(14)7-12)8-2-4-9(13)5-3-8/h2-5H,6-7H2,1H3. The number of methoxy groups -OCH3 is 1. The van der Waals surface area contributed by atoms with Gasteiger partial charge in [0.05, 0.1) is 7.11 Å². The number of hydrogen-bond acceptors (Lipinski definition) is 3. The van der Waals surface area contributed by atoms with Gasteiger partial charge in [0, 0.05) is 17.3 Å². The average molecular weight is 283 g/mol. The number of ether oxygens (including phenoxy) is 1. The summed E-state index contributed by atoms with van der Waals surface area (Å²) in [5, 5.41) is 0.